The van der Waals surface area contributed by atoms with Gasteiger partial charge in [-0.3, -0.25) is 9.59 Å². The average molecular weight is 540 g/mol. The molecule has 2 heterocycles. The first-order valence-corrected chi connectivity index (χ1v) is 11.9. The van der Waals surface area contributed by atoms with Gasteiger partial charge in [-0.15, -0.1) is 24.8 Å². The summed E-state index contributed by atoms with van der Waals surface area (Å²) in [4.78, 5) is 29.3. The highest BCUT2D eigenvalue weighted by molar-refractivity contribution is 5.89. The van der Waals surface area contributed by atoms with Gasteiger partial charge in [-0.2, -0.15) is 0 Å². The standard InChI is InChI=1S/C26H34N4O4.2ClH/c1-18-5-3-4-6-22(18)29-13-14-30(23(17-29)26(27)32)25(31)15-19-7-8-21(16-24(19)33-2)34-20-9-11-28-12-10-20;;/h3-8,16,20,23,28H,9-15,17H2,1-2H3,(H2,27,32);2*1H. The van der Waals surface area contributed by atoms with Crippen LogP contribution >= 0.6 is 24.8 Å². The molecule has 1 atom stereocenters. The summed E-state index contributed by atoms with van der Waals surface area (Å²) in [6.45, 7) is 5.39. The van der Waals surface area contributed by atoms with Gasteiger partial charge in [0.25, 0.3) is 0 Å². The minimum atomic E-state index is -0.686. The summed E-state index contributed by atoms with van der Waals surface area (Å²) in [5, 5.41) is 3.33. The fraction of sp³-hybridized carbons (Fsp3) is 0.462. The maximum absolute atomic E-state index is 13.3. The number of carbonyl (C=O) groups excluding carboxylic acids is 2. The number of carbonyl (C=O) groups is 2. The number of piperidine rings is 1. The lowest BCUT2D eigenvalue weighted by Crippen LogP contribution is -2.60. The van der Waals surface area contributed by atoms with E-state index in [-0.39, 0.29) is 43.2 Å². The van der Waals surface area contributed by atoms with Crippen LogP contribution in [-0.4, -0.2) is 68.7 Å². The van der Waals surface area contributed by atoms with Crippen LogP contribution in [0.5, 0.6) is 11.5 Å². The number of nitrogens with two attached hydrogens (primary N) is 1. The van der Waals surface area contributed by atoms with Crippen molar-refractivity contribution in [2.24, 2.45) is 5.73 Å². The van der Waals surface area contributed by atoms with E-state index >= 15 is 0 Å². The van der Waals surface area contributed by atoms with Crippen LogP contribution in [-0.2, 0) is 16.0 Å². The predicted molar refractivity (Wildman–Crippen MR) is 146 cm³/mol. The number of piperazine rings is 1. The highest BCUT2D eigenvalue weighted by Gasteiger charge is 2.34. The maximum atomic E-state index is 13.3. The number of primary amides is 1. The highest BCUT2D eigenvalue weighted by atomic mass is 35.5. The number of ether oxygens (including phenoxy) is 2. The van der Waals surface area contributed by atoms with Crippen LogP contribution in [0.15, 0.2) is 42.5 Å². The van der Waals surface area contributed by atoms with Gasteiger partial charge in [0.1, 0.15) is 23.6 Å². The Morgan fingerprint density at radius 2 is 1.81 bits per heavy atom. The van der Waals surface area contributed by atoms with E-state index < -0.39 is 11.9 Å². The van der Waals surface area contributed by atoms with Crippen LogP contribution in [0, 0.1) is 6.92 Å². The van der Waals surface area contributed by atoms with E-state index in [9.17, 15) is 9.59 Å². The van der Waals surface area contributed by atoms with Crippen LogP contribution < -0.4 is 25.4 Å². The minimum absolute atomic E-state index is 0. The number of nitrogens with one attached hydrogen (secondary N) is 1. The molecule has 3 N–H and O–H groups in total. The highest BCUT2D eigenvalue weighted by Crippen LogP contribution is 2.28. The second-order valence-electron chi connectivity index (χ2n) is 8.96. The SMILES string of the molecule is COc1cc(OC2CCNCC2)ccc1CC(=O)N1CCN(c2ccccc2C)CC1C(N)=O.Cl.Cl. The van der Waals surface area contributed by atoms with Crippen LogP contribution in [0.25, 0.3) is 0 Å². The molecule has 36 heavy (non-hydrogen) atoms. The molecule has 0 aliphatic carbocycles. The van der Waals surface area contributed by atoms with Crippen LogP contribution in [0.1, 0.15) is 24.0 Å². The predicted octanol–water partition coefficient (Wildman–Crippen LogP) is 2.72. The smallest absolute Gasteiger partial charge is 0.242 e. The number of benzene rings is 2. The molecule has 1 unspecified atom stereocenters. The van der Waals surface area contributed by atoms with Crippen molar-refractivity contribution in [3.8, 4) is 11.5 Å². The normalized spacial score (nSPS) is 18.0. The Morgan fingerprint density at radius 1 is 1.08 bits per heavy atom. The molecule has 2 aromatic carbocycles. The van der Waals surface area contributed by atoms with Crippen molar-refractivity contribution in [3.63, 3.8) is 0 Å². The molecule has 0 aromatic heterocycles. The molecule has 8 nitrogen and oxygen atoms in total. The molecule has 2 fully saturated rings. The fourth-order valence-corrected chi connectivity index (χ4v) is 4.78. The lowest BCUT2D eigenvalue weighted by atomic mass is 10.0. The van der Waals surface area contributed by atoms with Crippen LogP contribution in [0.2, 0.25) is 0 Å². The summed E-state index contributed by atoms with van der Waals surface area (Å²) in [7, 11) is 1.59. The Balaban J connectivity index is 0.00000228. The molecular formula is C26H36Cl2N4O4. The van der Waals surface area contributed by atoms with Gasteiger partial charge in [-0.1, -0.05) is 24.3 Å². The number of halogens is 2. The number of amides is 2. The maximum Gasteiger partial charge on any atom is 0.242 e. The molecule has 0 radical (unpaired) electrons. The Hall–Kier alpha value is -2.68. The molecule has 0 spiro atoms. The van der Waals surface area contributed by atoms with Crippen LogP contribution in [0.4, 0.5) is 5.69 Å². The first-order chi connectivity index (χ1) is 16.5. The molecule has 2 aliphatic heterocycles. The van der Waals surface area contributed by atoms with Gasteiger partial charge in [0.15, 0.2) is 0 Å². The zero-order chi connectivity index (χ0) is 24.1. The third kappa shape index (κ3) is 6.96. The Bertz CT molecular complexity index is 1030. The van der Waals surface area contributed by atoms with Crippen molar-refractivity contribution >= 4 is 42.3 Å². The molecule has 2 aliphatic rings. The van der Waals surface area contributed by atoms with Gasteiger partial charge in [0.2, 0.25) is 11.8 Å². The van der Waals surface area contributed by atoms with Gasteiger partial charge >= 0.3 is 0 Å². The lowest BCUT2D eigenvalue weighted by Gasteiger charge is -2.41. The van der Waals surface area contributed by atoms with E-state index in [2.05, 4.69) is 10.2 Å². The van der Waals surface area contributed by atoms with Gasteiger partial charge in [0, 0.05) is 37.0 Å². The third-order valence-corrected chi connectivity index (χ3v) is 6.67. The number of hydrogen-bond donors (Lipinski definition) is 2. The summed E-state index contributed by atoms with van der Waals surface area (Å²) in [5.41, 5.74) is 8.67. The van der Waals surface area contributed by atoms with Gasteiger partial charge in [-0.05, 0) is 50.6 Å². The monoisotopic (exact) mass is 538 g/mol. The first-order valence-electron chi connectivity index (χ1n) is 11.9. The molecule has 4 rings (SSSR count). The molecule has 0 saturated carbocycles. The second-order valence-corrected chi connectivity index (χ2v) is 8.96. The quantitative estimate of drug-likeness (QED) is 0.562. The molecule has 2 aromatic rings. The van der Waals surface area contributed by atoms with Crippen molar-refractivity contribution in [1.82, 2.24) is 10.2 Å². The Morgan fingerprint density at radius 3 is 2.47 bits per heavy atom. The lowest BCUT2D eigenvalue weighted by molar-refractivity contribution is -0.139. The fourth-order valence-electron chi connectivity index (χ4n) is 4.78. The van der Waals surface area contributed by atoms with Gasteiger partial charge < -0.3 is 30.3 Å². The number of anilines is 1. The van der Waals surface area contributed by atoms with Crippen molar-refractivity contribution in [1.29, 1.82) is 0 Å². The van der Waals surface area contributed by atoms with E-state index in [1.165, 1.54) is 0 Å². The van der Waals surface area contributed by atoms with Gasteiger partial charge in [0.05, 0.1) is 13.5 Å². The van der Waals surface area contributed by atoms with E-state index in [4.69, 9.17) is 15.2 Å². The van der Waals surface area contributed by atoms with Crippen molar-refractivity contribution in [2.75, 3.05) is 44.7 Å². The second kappa shape index (κ2) is 13.6. The summed E-state index contributed by atoms with van der Waals surface area (Å²) in [6, 6.07) is 12.9. The Labute approximate surface area is 225 Å². The summed E-state index contributed by atoms with van der Waals surface area (Å²) < 4.78 is 11.7. The summed E-state index contributed by atoms with van der Waals surface area (Å²) in [6.07, 6.45) is 2.24. The summed E-state index contributed by atoms with van der Waals surface area (Å²) in [5.74, 6) is 0.707. The first kappa shape index (κ1) is 29.5. The topological polar surface area (TPSA) is 97.1 Å². The van der Waals surface area contributed by atoms with E-state index in [0.29, 0.717) is 25.4 Å². The van der Waals surface area contributed by atoms with Crippen molar-refractivity contribution < 1.29 is 19.1 Å². The number of para-hydroxylation sites is 1. The summed E-state index contributed by atoms with van der Waals surface area (Å²) >= 11 is 0. The average Bonchev–Trinajstić information content (AvgIpc) is 2.85. The molecule has 0 bridgehead atoms. The number of rotatable bonds is 7. The van der Waals surface area contributed by atoms with Gasteiger partial charge in [-0.25, -0.2) is 0 Å². The minimum Gasteiger partial charge on any atom is -0.496 e. The van der Waals surface area contributed by atoms with Crippen molar-refractivity contribution in [3.05, 3.63) is 53.6 Å². The molecular weight excluding hydrogens is 503 g/mol. The number of nitrogens with zero attached hydrogens (tertiary/aromatic N) is 2. The Kier molecular flexibility index (Phi) is 11.1. The molecule has 198 valence electrons. The largest absolute Gasteiger partial charge is 0.496 e. The number of methoxy groups -OCH3 is 1. The number of aryl methyl sites for hydroxylation is 1. The zero-order valence-corrected chi connectivity index (χ0v) is 22.4. The molecule has 2 saturated heterocycles. The molecule has 10 heteroatoms. The van der Waals surface area contributed by atoms with E-state index in [1.807, 2.05) is 49.4 Å². The third-order valence-electron chi connectivity index (χ3n) is 6.67. The van der Waals surface area contributed by atoms with Crippen LogP contribution in [0.3, 0.4) is 0 Å². The van der Waals surface area contributed by atoms with E-state index in [0.717, 1.165) is 48.5 Å². The molecule has 2 amide bonds. The number of hydrogen-bond acceptors (Lipinski definition) is 6. The zero-order valence-electron chi connectivity index (χ0n) is 20.8. The van der Waals surface area contributed by atoms with Crippen molar-refractivity contribution in [2.45, 2.75) is 38.3 Å². The van der Waals surface area contributed by atoms with E-state index in [1.54, 1.807) is 12.0 Å².